The fraction of sp³-hybridized carbons (Fsp3) is 0.571. The first kappa shape index (κ1) is 26.8. The molecule has 2 amide bonds. The number of aromatic nitrogens is 2. The van der Waals surface area contributed by atoms with E-state index in [0.717, 1.165) is 11.4 Å². The molecule has 0 radical (unpaired) electrons. The van der Waals surface area contributed by atoms with Crippen molar-refractivity contribution in [1.82, 2.24) is 19.8 Å². The number of morpholine rings is 1. The Morgan fingerprint density at radius 1 is 1.00 bits per heavy atom. The van der Waals surface area contributed by atoms with Gasteiger partial charge in [-0.25, -0.2) is 9.97 Å². The topological polar surface area (TPSA) is 75.6 Å². The van der Waals surface area contributed by atoms with Crippen molar-refractivity contribution in [2.45, 2.75) is 71.3 Å². The van der Waals surface area contributed by atoms with E-state index < -0.39 is 0 Å². The van der Waals surface area contributed by atoms with Gasteiger partial charge in [-0.3, -0.25) is 9.59 Å². The second-order valence-electron chi connectivity index (χ2n) is 10.4. The third-order valence-electron chi connectivity index (χ3n) is 6.24. The lowest BCUT2D eigenvalue weighted by molar-refractivity contribution is -0.0126. The van der Waals surface area contributed by atoms with Crippen LogP contribution in [0.4, 0.5) is 0 Å². The summed E-state index contributed by atoms with van der Waals surface area (Å²) >= 11 is 0. The summed E-state index contributed by atoms with van der Waals surface area (Å²) in [5.74, 6) is 1.36. The maximum absolute atomic E-state index is 12.3. The van der Waals surface area contributed by atoms with Crippen LogP contribution in [0.3, 0.4) is 0 Å². The van der Waals surface area contributed by atoms with Crippen molar-refractivity contribution in [3.05, 3.63) is 58.7 Å². The summed E-state index contributed by atoms with van der Waals surface area (Å²) in [6.45, 7) is 12.3. The number of nitrogens with zero attached hydrogens (tertiary/aromatic N) is 4. The van der Waals surface area contributed by atoms with E-state index in [1.54, 1.807) is 25.1 Å². The van der Waals surface area contributed by atoms with Gasteiger partial charge in [-0.15, -0.1) is 0 Å². The summed E-state index contributed by atoms with van der Waals surface area (Å²) in [5, 5.41) is 0. The highest BCUT2D eigenvalue weighted by Crippen LogP contribution is 2.40. The average molecular weight is 481 g/mol. The van der Waals surface area contributed by atoms with E-state index in [9.17, 15) is 9.59 Å². The van der Waals surface area contributed by atoms with E-state index in [-0.39, 0.29) is 17.9 Å². The molecule has 1 aliphatic carbocycles. The van der Waals surface area contributed by atoms with Crippen molar-refractivity contribution in [3.8, 4) is 0 Å². The second kappa shape index (κ2) is 11.8. The number of hydrogen-bond acceptors (Lipinski definition) is 5. The summed E-state index contributed by atoms with van der Waals surface area (Å²) in [5.41, 5.74) is 4.40. The van der Waals surface area contributed by atoms with E-state index in [1.807, 2.05) is 30.0 Å². The van der Waals surface area contributed by atoms with E-state index in [2.05, 4.69) is 43.7 Å². The lowest BCUT2D eigenvalue weighted by atomic mass is 10.0. The molecule has 1 saturated heterocycles. The molecular weight excluding hydrogens is 440 g/mol. The molecule has 0 spiro atoms. The molecule has 2 aromatic heterocycles. The molecule has 0 bridgehead atoms. The Balaban J connectivity index is 0.000000196. The molecule has 1 aliphatic heterocycles. The minimum absolute atomic E-state index is 0.00519. The Kier molecular flexibility index (Phi) is 9.00. The largest absolute Gasteiger partial charge is 0.375 e. The monoisotopic (exact) mass is 480 g/mol. The fourth-order valence-electron chi connectivity index (χ4n) is 3.92. The van der Waals surface area contributed by atoms with E-state index in [1.165, 1.54) is 18.4 Å². The lowest BCUT2D eigenvalue weighted by Crippen LogP contribution is -2.44. The van der Waals surface area contributed by atoms with Crippen LogP contribution in [0.1, 0.15) is 103 Å². The molecular formula is C28H40N4O3. The third-order valence-corrected chi connectivity index (χ3v) is 6.24. The number of amides is 2. The molecule has 2 fully saturated rings. The zero-order valence-corrected chi connectivity index (χ0v) is 22.2. The van der Waals surface area contributed by atoms with E-state index >= 15 is 0 Å². The van der Waals surface area contributed by atoms with Gasteiger partial charge in [0.15, 0.2) is 0 Å². The molecule has 0 N–H and O–H groups in total. The SMILES string of the molecule is CC(C)c1cc(C2CC2)cc(C(=O)N(C)C)n1.CC1CN(C(=O)c2cccc(C(C)C)n2)CCO1. The lowest BCUT2D eigenvalue weighted by Gasteiger charge is -2.31. The Hall–Kier alpha value is -2.80. The predicted octanol–water partition coefficient (Wildman–Crippen LogP) is 4.85. The minimum Gasteiger partial charge on any atom is -0.375 e. The maximum atomic E-state index is 12.3. The quantitative estimate of drug-likeness (QED) is 0.611. The molecule has 7 nitrogen and oxygen atoms in total. The van der Waals surface area contributed by atoms with Crippen molar-refractivity contribution in [3.63, 3.8) is 0 Å². The molecule has 2 aromatic rings. The molecule has 190 valence electrons. The predicted molar refractivity (Wildman–Crippen MR) is 138 cm³/mol. The summed E-state index contributed by atoms with van der Waals surface area (Å²) in [6.07, 6.45) is 2.60. The van der Waals surface area contributed by atoms with Crippen LogP contribution in [0, 0.1) is 0 Å². The molecule has 1 saturated carbocycles. The van der Waals surface area contributed by atoms with Gasteiger partial charge in [0, 0.05) is 38.6 Å². The van der Waals surface area contributed by atoms with Crippen LogP contribution in [0.2, 0.25) is 0 Å². The van der Waals surface area contributed by atoms with Crippen LogP contribution in [-0.2, 0) is 4.74 Å². The highest BCUT2D eigenvalue weighted by atomic mass is 16.5. The van der Waals surface area contributed by atoms with Crippen LogP contribution in [-0.4, -0.2) is 71.5 Å². The summed E-state index contributed by atoms with van der Waals surface area (Å²) in [6, 6.07) is 9.78. The van der Waals surface area contributed by atoms with Gasteiger partial charge in [0.05, 0.1) is 12.7 Å². The second-order valence-corrected chi connectivity index (χ2v) is 10.4. The molecule has 3 heterocycles. The summed E-state index contributed by atoms with van der Waals surface area (Å²) < 4.78 is 5.44. The number of carbonyl (C=O) groups is 2. The number of carbonyl (C=O) groups excluding carboxylic acids is 2. The molecule has 2 aliphatic rings. The Morgan fingerprint density at radius 3 is 2.23 bits per heavy atom. The first-order valence-electron chi connectivity index (χ1n) is 12.7. The number of rotatable bonds is 5. The van der Waals surface area contributed by atoms with Gasteiger partial charge in [-0.1, -0.05) is 33.8 Å². The normalized spacial score (nSPS) is 17.7. The van der Waals surface area contributed by atoms with Gasteiger partial charge in [0.2, 0.25) is 0 Å². The van der Waals surface area contributed by atoms with Crippen molar-refractivity contribution >= 4 is 11.8 Å². The highest BCUT2D eigenvalue weighted by molar-refractivity contribution is 5.92. The molecule has 35 heavy (non-hydrogen) atoms. The smallest absolute Gasteiger partial charge is 0.272 e. The first-order chi connectivity index (χ1) is 16.6. The van der Waals surface area contributed by atoms with Crippen molar-refractivity contribution in [2.24, 2.45) is 0 Å². The molecule has 7 heteroatoms. The zero-order chi connectivity index (χ0) is 25.7. The van der Waals surface area contributed by atoms with Crippen molar-refractivity contribution in [2.75, 3.05) is 33.8 Å². The number of pyridine rings is 2. The van der Waals surface area contributed by atoms with Gasteiger partial charge < -0.3 is 14.5 Å². The average Bonchev–Trinajstić information content (AvgIpc) is 3.69. The Morgan fingerprint density at radius 2 is 1.66 bits per heavy atom. The van der Waals surface area contributed by atoms with Gasteiger partial charge in [-0.2, -0.15) is 0 Å². The van der Waals surface area contributed by atoms with Crippen molar-refractivity contribution in [1.29, 1.82) is 0 Å². The molecule has 4 rings (SSSR count). The standard InChI is InChI=1S/C14H20N2O2.C14H20N2O/c1-10(2)12-5-4-6-13(15-12)14(17)16-7-8-18-11(3)9-16;1-9(2)12-7-11(10-5-6-10)8-13(15-12)14(17)16(3)4/h4-6,10-11H,7-9H2,1-3H3;7-10H,5-6H2,1-4H3. The van der Waals surface area contributed by atoms with Crippen LogP contribution >= 0.6 is 0 Å². The summed E-state index contributed by atoms with van der Waals surface area (Å²) in [4.78, 5) is 36.6. The minimum atomic E-state index is -0.00519. The van der Waals surface area contributed by atoms with Gasteiger partial charge in [-0.05, 0) is 67.3 Å². The third kappa shape index (κ3) is 7.34. The number of hydrogen-bond donors (Lipinski definition) is 0. The zero-order valence-electron chi connectivity index (χ0n) is 22.2. The molecule has 0 aromatic carbocycles. The number of ether oxygens (including phenoxy) is 1. The van der Waals surface area contributed by atoms with Gasteiger partial charge in [0.1, 0.15) is 11.4 Å². The Bertz CT molecular complexity index is 1010. The first-order valence-corrected chi connectivity index (χ1v) is 12.7. The highest BCUT2D eigenvalue weighted by Gasteiger charge is 2.26. The van der Waals surface area contributed by atoms with Gasteiger partial charge in [0.25, 0.3) is 11.8 Å². The molecule has 1 atom stereocenters. The van der Waals surface area contributed by atoms with Crippen LogP contribution < -0.4 is 0 Å². The fourth-order valence-corrected chi connectivity index (χ4v) is 3.92. The van der Waals surface area contributed by atoms with Crippen molar-refractivity contribution < 1.29 is 14.3 Å². The summed E-state index contributed by atoms with van der Waals surface area (Å²) in [7, 11) is 3.53. The van der Waals surface area contributed by atoms with Crippen LogP contribution in [0.5, 0.6) is 0 Å². The van der Waals surface area contributed by atoms with Crippen LogP contribution in [0.15, 0.2) is 30.3 Å². The Labute approximate surface area is 209 Å². The molecule has 1 unspecified atom stereocenters. The van der Waals surface area contributed by atoms with Crippen LogP contribution in [0.25, 0.3) is 0 Å². The van der Waals surface area contributed by atoms with E-state index in [0.29, 0.717) is 48.8 Å². The van der Waals surface area contributed by atoms with Gasteiger partial charge >= 0.3 is 0 Å². The maximum Gasteiger partial charge on any atom is 0.272 e. The van der Waals surface area contributed by atoms with E-state index in [4.69, 9.17) is 4.74 Å².